The first-order chi connectivity index (χ1) is 19.5. The molecule has 0 N–H and O–H groups in total. The van der Waals surface area contributed by atoms with Gasteiger partial charge in [-0.2, -0.15) is 0 Å². The van der Waals surface area contributed by atoms with Crippen LogP contribution in [-0.4, -0.2) is 5.92 Å². The molecule has 0 saturated heterocycles. The quantitative estimate of drug-likeness (QED) is 0.237. The SMILES string of the molecule is CCC(C)C1=Cc2c(-c3cccc4ccccc34)cccc2C1c1[c]([Zr+2][SiH](C)C)ccc2c1Cc1ccccc1-2.[Cl-].[Cl-]. The normalized spacial score (nSPS) is 15.2. The van der Waals surface area contributed by atoms with Gasteiger partial charge in [-0.25, -0.2) is 0 Å². The van der Waals surface area contributed by atoms with Crippen molar-refractivity contribution in [1.82, 2.24) is 0 Å². The van der Waals surface area contributed by atoms with Crippen molar-refractivity contribution in [2.75, 3.05) is 0 Å². The average Bonchev–Trinajstić information content (AvgIpc) is 3.55. The smallest absolute Gasteiger partial charge is 1.00 e. The van der Waals surface area contributed by atoms with E-state index in [0.717, 1.165) is 6.42 Å². The molecule has 0 nitrogen and oxygen atoms in total. The summed E-state index contributed by atoms with van der Waals surface area (Å²) in [4.78, 5) is 0. The van der Waals surface area contributed by atoms with E-state index >= 15 is 0 Å². The maximum absolute atomic E-state index is 2.61. The Hall–Kier alpha value is -2.22. The first-order valence-electron chi connectivity index (χ1n) is 14.9. The molecule has 5 aromatic rings. The van der Waals surface area contributed by atoms with Crippen LogP contribution in [0.25, 0.3) is 39.1 Å². The van der Waals surface area contributed by atoms with E-state index in [0.29, 0.717) is 11.8 Å². The van der Waals surface area contributed by atoms with Crippen molar-refractivity contribution in [2.24, 2.45) is 5.92 Å². The molecule has 2 unspecified atom stereocenters. The molecule has 2 aliphatic carbocycles. The molecule has 0 spiro atoms. The summed E-state index contributed by atoms with van der Waals surface area (Å²) in [5, 5.41) is 2.66. The number of hydrogen-bond acceptors (Lipinski definition) is 0. The molecule has 0 fully saturated rings. The first-order valence-corrected chi connectivity index (χ1v) is 23.3. The van der Waals surface area contributed by atoms with Gasteiger partial charge in [-0.05, 0) is 0 Å². The molecule has 210 valence electrons. The molecule has 0 aliphatic heterocycles. The number of rotatable bonds is 6. The summed E-state index contributed by atoms with van der Waals surface area (Å²) in [6.45, 7) is 9.97. The standard InChI is InChI=1S/C36H29.C2H7Si.2ClH.Zr/c1-3-23(2)33-22-35-30(28-16-8-13-24-11-4-6-14-26(24)28)18-10-20-32(35)36(33)31-19-9-17-29-27-15-7-5-12-25(27)21-34(29)31;1-3-2;;;/h4-18,20,22-23,36H,3,21H2,1-2H3;3H,1-2H3;2*1H;/q;;;;+2/p-2. The number of benzene rings is 5. The summed E-state index contributed by atoms with van der Waals surface area (Å²) < 4.78 is 1.76. The molecule has 7 rings (SSSR count). The molecule has 5 aromatic carbocycles. The summed E-state index contributed by atoms with van der Waals surface area (Å²) in [6.07, 6.45) is 4.86. The van der Waals surface area contributed by atoms with Gasteiger partial charge in [-0.15, -0.1) is 0 Å². The van der Waals surface area contributed by atoms with Gasteiger partial charge >= 0.3 is 253 Å². The molecule has 2 atom stereocenters. The van der Waals surface area contributed by atoms with Gasteiger partial charge in [0.2, 0.25) is 0 Å². The van der Waals surface area contributed by atoms with Crippen LogP contribution in [0.5, 0.6) is 0 Å². The second-order valence-corrected chi connectivity index (χ2v) is 26.5. The molecule has 0 bridgehead atoms. The van der Waals surface area contributed by atoms with E-state index in [1.807, 2.05) is 0 Å². The van der Waals surface area contributed by atoms with Crippen molar-refractivity contribution < 1.29 is 47.2 Å². The van der Waals surface area contributed by atoms with Crippen molar-refractivity contribution >= 4 is 26.0 Å². The van der Waals surface area contributed by atoms with E-state index in [-0.39, 0.29) is 24.8 Å². The molecule has 0 heterocycles. The van der Waals surface area contributed by atoms with Gasteiger partial charge in [0.15, 0.2) is 0 Å². The fourth-order valence-electron chi connectivity index (χ4n) is 7.11. The number of halogens is 2. The maximum Gasteiger partial charge on any atom is -1.00 e. The molecular weight excluding hydrogens is 647 g/mol. The van der Waals surface area contributed by atoms with Gasteiger partial charge in [-0.1, -0.05) is 0 Å². The molecule has 0 saturated carbocycles. The largest absolute Gasteiger partial charge is 1.00 e. The molecule has 42 heavy (non-hydrogen) atoms. The van der Waals surface area contributed by atoms with E-state index in [2.05, 4.69) is 130 Å². The van der Waals surface area contributed by atoms with E-state index in [1.54, 1.807) is 20.0 Å². The van der Waals surface area contributed by atoms with Crippen LogP contribution in [0.3, 0.4) is 0 Å². The van der Waals surface area contributed by atoms with Crippen LogP contribution in [0.2, 0.25) is 13.1 Å². The fourth-order valence-corrected chi connectivity index (χ4v) is 15.4. The summed E-state index contributed by atoms with van der Waals surface area (Å²) in [5.41, 5.74) is 15.1. The van der Waals surface area contributed by atoms with E-state index < -0.39 is 28.3 Å². The van der Waals surface area contributed by atoms with E-state index in [4.69, 9.17) is 0 Å². The predicted octanol–water partition coefficient (Wildman–Crippen LogP) is 3.35. The van der Waals surface area contributed by atoms with E-state index in [1.165, 1.54) is 56.1 Å². The Bertz CT molecular complexity index is 1800. The van der Waals surface area contributed by atoms with Crippen molar-refractivity contribution in [3.63, 3.8) is 0 Å². The third-order valence-corrected chi connectivity index (χ3v) is 17.6. The minimum atomic E-state index is -0.645. The third kappa shape index (κ3) is 5.24. The Morgan fingerprint density at radius 3 is 2.26 bits per heavy atom. The molecule has 2 aliphatic rings. The van der Waals surface area contributed by atoms with Gasteiger partial charge in [0, 0.05) is 0 Å². The van der Waals surface area contributed by atoms with Crippen LogP contribution in [0, 0.1) is 5.92 Å². The third-order valence-electron chi connectivity index (χ3n) is 9.12. The zero-order valence-corrected chi connectivity index (χ0v) is 29.8. The minimum Gasteiger partial charge on any atom is -1.00 e. The summed E-state index contributed by atoms with van der Waals surface area (Å²) in [6, 6.07) is 36.9. The van der Waals surface area contributed by atoms with Crippen LogP contribution in [-0.2, 0) is 28.8 Å². The maximum atomic E-state index is 2.61. The van der Waals surface area contributed by atoms with Gasteiger partial charge in [0.25, 0.3) is 0 Å². The van der Waals surface area contributed by atoms with Crippen LogP contribution >= 0.6 is 0 Å². The van der Waals surface area contributed by atoms with Gasteiger partial charge in [0.05, 0.1) is 0 Å². The topological polar surface area (TPSA) is 0 Å². The van der Waals surface area contributed by atoms with Gasteiger partial charge in [0.1, 0.15) is 0 Å². The Morgan fingerprint density at radius 2 is 1.45 bits per heavy atom. The van der Waals surface area contributed by atoms with Gasteiger partial charge < -0.3 is 24.8 Å². The molecule has 0 amide bonds. The number of hydrogen-bond donors (Lipinski definition) is 0. The van der Waals surface area contributed by atoms with Crippen LogP contribution < -0.4 is 28.1 Å². The minimum absolute atomic E-state index is 0. The van der Waals surface area contributed by atoms with Gasteiger partial charge in [-0.3, -0.25) is 0 Å². The predicted molar refractivity (Wildman–Crippen MR) is 172 cm³/mol. The van der Waals surface area contributed by atoms with Crippen molar-refractivity contribution in [3.8, 4) is 22.3 Å². The van der Waals surface area contributed by atoms with Crippen LogP contribution in [0.15, 0.2) is 103 Å². The summed E-state index contributed by atoms with van der Waals surface area (Å²) >= 11 is -0.615. The second-order valence-electron chi connectivity index (χ2n) is 11.9. The number of allylic oxidation sites excluding steroid dienone is 1. The van der Waals surface area contributed by atoms with Crippen molar-refractivity contribution in [1.29, 1.82) is 0 Å². The van der Waals surface area contributed by atoms with Crippen LogP contribution in [0.1, 0.15) is 54.0 Å². The molecular formula is C38H36Cl2SiZr. The van der Waals surface area contributed by atoms with Crippen molar-refractivity contribution in [3.05, 3.63) is 130 Å². The van der Waals surface area contributed by atoms with Crippen LogP contribution in [0.4, 0.5) is 0 Å². The van der Waals surface area contributed by atoms with Crippen molar-refractivity contribution in [2.45, 2.75) is 45.7 Å². The first kappa shape index (κ1) is 31.2. The Balaban J connectivity index is 0.00000176. The monoisotopic (exact) mass is 680 g/mol. The zero-order chi connectivity index (χ0) is 27.4. The molecule has 4 heteroatoms. The Morgan fingerprint density at radius 1 is 0.762 bits per heavy atom. The van der Waals surface area contributed by atoms with E-state index in [9.17, 15) is 0 Å². The average molecular weight is 683 g/mol. The zero-order valence-electron chi connectivity index (χ0n) is 24.7. The molecule has 0 aromatic heterocycles. The summed E-state index contributed by atoms with van der Waals surface area (Å²) in [7, 11) is 0. The summed E-state index contributed by atoms with van der Waals surface area (Å²) in [5.74, 6) is 0.271. The Labute approximate surface area is 275 Å². The second kappa shape index (κ2) is 12.8. The Kier molecular flexibility index (Phi) is 9.51. The molecule has 0 radical (unpaired) electrons. The fraction of sp³-hybridized carbons (Fsp3) is 0.211. The number of fused-ring (bicyclic) bond motifs is 5.